The molecule has 1 aliphatic heterocycles. The van der Waals surface area contributed by atoms with Crippen molar-refractivity contribution in [1.82, 2.24) is 0 Å². The van der Waals surface area contributed by atoms with Gasteiger partial charge in [-0.3, -0.25) is 0 Å². The van der Waals surface area contributed by atoms with Gasteiger partial charge in [-0.2, -0.15) is 0 Å². The third-order valence-corrected chi connectivity index (χ3v) is 5.34. The third kappa shape index (κ3) is 2.60. The fourth-order valence-corrected chi connectivity index (χ4v) is 3.14. The SMILES string of the molecule is [2H]c1c([2H])c([2H])c(-c2c([2H])c(B3OC(C)(C)C(C)(C)O3)c3c(oc4c([2H])c([2H])c([2H])c([2H])c43)c2[2H])c([2H])c1[2H]. The van der Waals surface area contributed by atoms with E-state index in [-0.39, 0.29) is 33.0 Å². The number of furan rings is 1. The molecule has 1 aromatic heterocycles. The standard InChI is InChI=1S/C24H23BO3/c1-23(2)24(3,4)28-25(27-23)19-14-17(16-10-6-5-7-11-16)15-21-22(19)18-12-8-9-13-20(18)26-21/h5-15H,1-4H3/i5D,6D,7D,8D,9D,10D,11D,12D,13D,14D,15D. The summed E-state index contributed by atoms with van der Waals surface area (Å²) in [6.07, 6.45) is 0. The molecule has 0 saturated carbocycles. The molecule has 0 radical (unpaired) electrons. The maximum Gasteiger partial charge on any atom is 0.495 e. The Labute approximate surface area is 180 Å². The summed E-state index contributed by atoms with van der Waals surface area (Å²) in [6.45, 7) is 7.12. The van der Waals surface area contributed by atoms with Gasteiger partial charge in [0, 0.05) is 10.8 Å². The van der Waals surface area contributed by atoms with Crippen LogP contribution >= 0.6 is 0 Å². The molecule has 0 amide bonds. The lowest BCUT2D eigenvalue weighted by Gasteiger charge is -2.32. The van der Waals surface area contributed by atoms with E-state index in [1.807, 2.05) is 0 Å². The molecular formula is C24H23BO3. The first-order valence-corrected chi connectivity index (χ1v) is 8.83. The molecule has 2 heterocycles. The van der Waals surface area contributed by atoms with Crippen molar-refractivity contribution in [3.05, 3.63) is 66.5 Å². The second kappa shape index (κ2) is 5.97. The Bertz CT molecular complexity index is 1700. The van der Waals surface area contributed by atoms with Crippen LogP contribution in [0.5, 0.6) is 0 Å². The highest BCUT2D eigenvalue weighted by atomic mass is 16.7. The van der Waals surface area contributed by atoms with Gasteiger partial charge in [-0.1, -0.05) is 54.4 Å². The van der Waals surface area contributed by atoms with Crippen LogP contribution in [0.15, 0.2) is 70.9 Å². The molecular weight excluding hydrogens is 347 g/mol. The number of fused-ring (bicyclic) bond motifs is 3. The largest absolute Gasteiger partial charge is 0.495 e. The highest BCUT2D eigenvalue weighted by Gasteiger charge is 2.52. The summed E-state index contributed by atoms with van der Waals surface area (Å²) in [7, 11) is -1.27. The topological polar surface area (TPSA) is 31.6 Å². The summed E-state index contributed by atoms with van der Waals surface area (Å²) < 4.78 is 111. The van der Waals surface area contributed by atoms with Crippen molar-refractivity contribution in [1.29, 1.82) is 0 Å². The van der Waals surface area contributed by atoms with Gasteiger partial charge in [0.2, 0.25) is 0 Å². The van der Waals surface area contributed by atoms with Crippen LogP contribution in [0.25, 0.3) is 33.1 Å². The van der Waals surface area contributed by atoms with Gasteiger partial charge >= 0.3 is 7.12 Å². The molecule has 4 aromatic rings. The van der Waals surface area contributed by atoms with E-state index in [1.165, 1.54) is 0 Å². The first-order valence-electron chi connectivity index (χ1n) is 14.3. The van der Waals surface area contributed by atoms with E-state index in [4.69, 9.17) is 27.4 Å². The molecule has 3 aromatic carbocycles. The molecule has 4 heteroatoms. The maximum atomic E-state index is 9.20. The predicted molar refractivity (Wildman–Crippen MR) is 115 cm³/mol. The third-order valence-electron chi connectivity index (χ3n) is 5.34. The van der Waals surface area contributed by atoms with Crippen LogP contribution < -0.4 is 5.46 Å². The molecule has 0 bridgehead atoms. The maximum absolute atomic E-state index is 9.20. The second-order valence-electron chi connectivity index (χ2n) is 7.64. The van der Waals surface area contributed by atoms with Gasteiger partial charge in [-0.25, -0.2) is 0 Å². The smallest absolute Gasteiger partial charge is 0.456 e. The highest BCUT2D eigenvalue weighted by molar-refractivity contribution is 6.66. The van der Waals surface area contributed by atoms with E-state index in [1.54, 1.807) is 27.7 Å². The molecule has 140 valence electrons. The molecule has 1 fully saturated rings. The zero-order chi connectivity index (χ0) is 29.1. The summed E-state index contributed by atoms with van der Waals surface area (Å²) in [4.78, 5) is 0. The first-order chi connectivity index (χ1) is 17.9. The Morgan fingerprint density at radius 2 is 1.39 bits per heavy atom. The lowest BCUT2D eigenvalue weighted by Crippen LogP contribution is -2.41. The number of rotatable bonds is 2. The van der Waals surface area contributed by atoms with Gasteiger partial charge in [-0.05, 0) is 56.4 Å². The van der Waals surface area contributed by atoms with Crippen molar-refractivity contribution in [2.24, 2.45) is 0 Å². The van der Waals surface area contributed by atoms with Crippen LogP contribution in [0.3, 0.4) is 0 Å². The van der Waals surface area contributed by atoms with Crippen LogP contribution in [0.4, 0.5) is 0 Å². The van der Waals surface area contributed by atoms with Gasteiger partial charge in [0.1, 0.15) is 11.2 Å². The molecule has 28 heavy (non-hydrogen) atoms. The average Bonchev–Trinajstić information content (AvgIpc) is 3.35. The fourth-order valence-electron chi connectivity index (χ4n) is 3.14. The van der Waals surface area contributed by atoms with Crippen LogP contribution in [-0.4, -0.2) is 18.3 Å². The fraction of sp³-hybridized carbons (Fsp3) is 0.250. The Balaban J connectivity index is 2.03. The molecule has 0 atom stereocenters. The van der Waals surface area contributed by atoms with Crippen molar-refractivity contribution in [3.8, 4) is 11.1 Å². The molecule has 0 spiro atoms. The Kier molecular flexibility index (Phi) is 1.98. The molecule has 1 aliphatic rings. The zero-order valence-electron chi connectivity index (χ0n) is 26.8. The van der Waals surface area contributed by atoms with Crippen LogP contribution in [0, 0.1) is 0 Å². The number of para-hydroxylation sites is 1. The minimum absolute atomic E-state index is 0.00150. The highest BCUT2D eigenvalue weighted by Crippen LogP contribution is 2.39. The molecule has 0 aliphatic carbocycles. The van der Waals surface area contributed by atoms with Crippen LogP contribution in [0.1, 0.15) is 42.8 Å². The second-order valence-corrected chi connectivity index (χ2v) is 7.64. The monoisotopic (exact) mass is 381 g/mol. The van der Waals surface area contributed by atoms with Crippen molar-refractivity contribution in [2.45, 2.75) is 38.9 Å². The average molecular weight is 381 g/mol. The van der Waals surface area contributed by atoms with Gasteiger partial charge in [0.05, 0.1) is 26.3 Å². The lowest BCUT2D eigenvalue weighted by atomic mass is 9.75. The lowest BCUT2D eigenvalue weighted by molar-refractivity contribution is 0.00578. The normalized spacial score (nSPS) is 23.7. The summed E-state index contributed by atoms with van der Waals surface area (Å²) in [5.74, 6) is 0. The van der Waals surface area contributed by atoms with Gasteiger partial charge in [0.25, 0.3) is 0 Å². The Morgan fingerprint density at radius 3 is 2.11 bits per heavy atom. The van der Waals surface area contributed by atoms with Crippen molar-refractivity contribution in [3.63, 3.8) is 0 Å². The summed E-state index contributed by atoms with van der Waals surface area (Å²) in [6, 6.07) is -6.15. The van der Waals surface area contributed by atoms with Crippen molar-refractivity contribution < 1.29 is 28.8 Å². The number of benzene rings is 3. The quantitative estimate of drug-likeness (QED) is 0.427. The molecule has 1 saturated heterocycles. The number of hydrogen-bond donors (Lipinski definition) is 0. The van der Waals surface area contributed by atoms with E-state index in [0.29, 0.717) is 0 Å². The molecule has 5 rings (SSSR count). The van der Waals surface area contributed by atoms with Gasteiger partial charge in [0.15, 0.2) is 0 Å². The zero-order valence-corrected chi connectivity index (χ0v) is 15.8. The van der Waals surface area contributed by atoms with Gasteiger partial charge in [-0.15, -0.1) is 0 Å². The minimum Gasteiger partial charge on any atom is -0.456 e. The van der Waals surface area contributed by atoms with E-state index in [2.05, 4.69) is 0 Å². The van der Waals surface area contributed by atoms with E-state index < -0.39 is 90.4 Å². The summed E-state index contributed by atoms with van der Waals surface area (Å²) in [5, 5.41) is -0.0723. The Morgan fingerprint density at radius 1 is 0.750 bits per heavy atom. The van der Waals surface area contributed by atoms with E-state index in [0.717, 1.165) is 0 Å². The van der Waals surface area contributed by atoms with E-state index >= 15 is 0 Å². The molecule has 0 N–H and O–H groups in total. The van der Waals surface area contributed by atoms with Crippen molar-refractivity contribution in [2.75, 3.05) is 0 Å². The van der Waals surface area contributed by atoms with Crippen LogP contribution in [-0.2, 0) is 9.31 Å². The van der Waals surface area contributed by atoms with Crippen LogP contribution in [0.2, 0.25) is 0 Å². The van der Waals surface area contributed by atoms with E-state index in [9.17, 15) is 1.37 Å². The molecule has 3 nitrogen and oxygen atoms in total. The number of hydrogen-bond acceptors (Lipinski definition) is 3. The summed E-state index contributed by atoms with van der Waals surface area (Å²) in [5.41, 5.74) is -3.03. The Hall–Kier alpha value is -2.56. The van der Waals surface area contributed by atoms with Gasteiger partial charge < -0.3 is 13.7 Å². The predicted octanol–water partition coefficient (Wildman–Crippen LogP) is 5.55. The van der Waals surface area contributed by atoms with Crippen molar-refractivity contribution >= 4 is 34.5 Å². The molecule has 0 unspecified atom stereocenters. The summed E-state index contributed by atoms with van der Waals surface area (Å²) >= 11 is 0. The minimum atomic E-state index is -1.27. The first kappa shape index (κ1) is 9.30.